The predicted molar refractivity (Wildman–Crippen MR) is 71.6 cm³/mol. The number of rotatable bonds is 1. The van der Waals surface area contributed by atoms with Crippen LogP contribution in [-0.2, 0) is 0 Å². The van der Waals surface area contributed by atoms with Crippen LogP contribution in [0.5, 0.6) is 0 Å². The van der Waals surface area contributed by atoms with E-state index in [4.69, 9.17) is 5.26 Å². The number of aromatic amines is 1. The number of nitrogens with one attached hydrogen (secondary N) is 2. The minimum atomic E-state index is -0.386. The van der Waals surface area contributed by atoms with Crippen LogP contribution in [0.15, 0.2) is 30.5 Å². The number of hydrogen-bond donors (Lipinski definition) is 2. The van der Waals surface area contributed by atoms with Crippen molar-refractivity contribution in [1.29, 1.82) is 5.26 Å². The SMILES string of the molecule is N#CC1CNCCN1C(=O)c1ccc2[nH]ccc2c1. The number of nitrogens with zero attached hydrogens (tertiary/aromatic N) is 2. The number of fused-ring (bicyclic) bond motifs is 1. The summed E-state index contributed by atoms with van der Waals surface area (Å²) in [5, 5.41) is 13.2. The molecule has 1 saturated heterocycles. The van der Waals surface area contributed by atoms with Crippen LogP contribution in [0.25, 0.3) is 10.9 Å². The summed E-state index contributed by atoms with van der Waals surface area (Å²) in [7, 11) is 0. The summed E-state index contributed by atoms with van der Waals surface area (Å²) in [6, 6.07) is 9.29. The molecular formula is C14H14N4O. The number of nitriles is 1. The van der Waals surface area contributed by atoms with Crippen molar-refractivity contribution in [2.75, 3.05) is 19.6 Å². The molecule has 1 aromatic carbocycles. The number of aromatic nitrogens is 1. The highest BCUT2D eigenvalue weighted by Gasteiger charge is 2.27. The molecule has 96 valence electrons. The smallest absolute Gasteiger partial charge is 0.255 e. The molecule has 0 bridgehead atoms. The standard InChI is InChI=1S/C14H14N4O/c15-8-12-9-16-5-6-18(12)14(19)11-1-2-13-10(7-11)3-4-17-13/h1-4,7,12,16-17H,5-6,9H2. The van der Waals surface area contributed by atoms with Gasteiger partial charge >= 0.3 is 0 Å². The molecule has 0 aliphatic carbocycles. The third kappa shape index (κ3) is 2.07. The lowest BCUT2D eigenvalue weighted by Gasteiger charge is -2.32. The molecule has 19 heavy (non-hydrogen) atoms. The lowest BCUT2D eigenvalue weighted by atomic mass is 10.1. The van der Waals surface area contributed by atoms with E-state index in [2.05, 4.69) is 16.4 Å². The summed E-state index contributed by atoms with van der Waals surface area (Å²) < 4.78 is 0. The maximum Gasteiger partial charge on any atom is 0.255 e. The van der Waals surface area contributed by atoms with E-state index in [1.807, 2.05) is 24.4 Å². The second-order valence-electron chi connectivity index (χ2n) is 4.63. The molecule has 1 aliphatic rings. The van der Waals surface area contributed by atoms with Gasteiger partial charge in [0, 0.05) is 42.3 Å². The van der Waals surface area contributed by atoms with E-state index >= 15 is 0 Å². The molecule has 0 saturated carbocycles. The van der Waals surface area contributed by atoms with E-state index in [1.54, 1.807) is 11.0 Å². The van der Waals surface area contributed by atoms with Crippen molar-refractivity contribution in [3.05, 3.63) is 36.0 Å². The molecule has 1 atom stereocenters. The topological polar surface area (TPSA) is 71.9 Å². The van der Waals surface area contributed by atoms with Crippen LogP contribution in [0.3, 0.4) is 0 Å². The number of H-pyrrole nitrogens is 1. The molecule has 2 heterocycles. The Balaban J connectivity index is 1.91. The van der Waals surface area contributed by atoms with Crippen LogP contribution < -0.4 is 5.32 Å². The fourth-order valence-corrected chi connectivity index (χ4v) is 2.41. The second kappa shape index (κ2) is 4.75. The molecule has 2 N–H and O–H groups in total. The quantitative estimate of drug-likeness (QED) is 0.800. The lowest BCUT2D eigenvalue weighted by Crippen LogP contribution is -2.53. The van der Waals surface area contributed by atoms with Crippen LogP contribution in [0, 0.1) is 11.3 Å². The number of carbonyl (C=O) groups is 1. The van der Waals surface area contributed by atoms with Crippen molar-refractivity contribution in [1.82, 2.24) is 15.2 Å². The van der Waals surface area contributed by atoms with Crippen molar-refractivity contribution < 1.29 is 4.79 Å². The fourth-order valence-electron chi connectivity index (χ4n) is 2.41. The maximum atomic E-state index is 12.5. The van der Waals surface area contributed by atoms with Crippen LogP contribution >= 0.6 is 0 Å². The Morgan fingerprint density at radius 1 is 1.42 bits per heavy atom. The zero-order valence-electron chi connectivity index (χ0n) is 10.4. The van der Waals surface area contributed by atoms with Gasteiger partial charge in [-0.05, 0) is 24.3 Å². The number of amides is 1. The third-order valence-corrected chi connectivity index (χ3v) is 3.45. The summed E-state index contributed by atoms with van der Waals surface area (Å²) in [4.78, 5) is 17.2. The van der Waals surface area contributed by atoms with Gasteiger partial charge in [-0.15, -0.1) is 0 Å². The molecule has 5 nitrogen and oxygen atoms in total. The minimum absolute atomic E-state index is 0.0730. The normalized spacial score (nSPS) is 19.3. The van der Waals surface area contributed by atoms with Gasteiger partial charge in [-0.25, -0.2) is 0 Å². The van der Waals surface area contributed by atoms with Gasteiger partial charge in [0.1, 0.15) is 6.04 Å². The largest absolute Gasteiger partial charge is 0.361 e. The van der Waals surface area contributed by atoms with Gasteiger partial charge in [0.2, 0.25) is 0 Å². The Kier molecular flexibility index (Phi) is 2.94. The molecule has 0 spiro atoms. The first-order valence-electron chi connectivity index (χ1n) is 6.28. The van der Waals surface area contributed by atoms with Gasteiger partial charge in [0.15, 0.2) is 0 Å². The van der Waals surface area contributed by atoms with Crippen molar-refractivity contribution in [3.63, 3.8) is 0 Å². The predicted octanol–water partition coefficient (Wildman–Crippen LogP) is 1.11. The third-order valence-electron chi connectivity index (χ3n) is 3.45. The molecular weight excluding hydrogens is 240 g/mol. The van der Waals surface area contributed by atoms with E-state index in [1.165, 1.54) is 0 Å². The monoisotopic (exact) mass is 254 g/mol. The van der Waals surface area contributed by atoms with Crippen molar-refractivity contribution in [3.8, 4) is 6.07 Å². The van der Waals surface area contributed by atoms with Crippen LogP contribution in [-0.4, -0.2) is 41.5 Å². The zero-order chi connectivity index (χ0) is 13.2. The van der Waals surface area contributed by atoms with Gasteiger partial charge in [0.05, 0.1) is 6.07 Å². The molecule has 1 amide bonds. The number of carbonyl (C=O) groups excluding carboxylic acids is 1. The van der Waals surface area contributed by atoms with E-state index in [0.29, 0.717) is 18.7 Å². The Labute approximate surface area is 110 Å². The van der Waals surface area contributed by atoms with Gasteiger partial charge < -0.3 is 15.2 Å². The Morgan fingerprint density at radius 2 is 2.32 bits per heavy atom. The van der Waals surface area contributed by atoms with E-state index in [9.17, 15) is 4.79 Å². The van der Waals surface area contributed by atoms with Crippen LogP contribution in [0.1, 0.15) is 10.4 Å². The first-order chi connectivity index (χ1) is 9.29. The summed E-state index contributed by atoms with van der Waals surface area (Å²) >= 11 is 0. The van der Waals surface area contributed by atoms with Gasteiger partial charge in [-0.3, -0.25) is 4.79 Å². The molecule has 1 fully saturated rings. The number of hydrogen-bond acceptors (Lipinski definition) is 3. The van der Waals surface area contributed by atoms with Gasteiger partial charge in [0.25, 0.3) is 5.91 Å². The summed E-state index contributed by atoms with van der Waals surface area (Å²) in [5.41, 5.74) is 1.64. The van der Waals surface area contributed by atoms with E-state index in [-0.39, 0.29) is 11.9 Å². The first kappa shape index (κ1) is 11.8. The lowest BCUT2D eigenvalue weighted by molar-refractivity contribution is 0.0687. The fraction of sp³-hybridized carbons (Fsp3) is 0.286. The minimum Gasteiger partial charge on any atom is -0.361 e. The Morgan fingerprint density at radius 3 is 3.16 bits per heavy atom. The van der Waals surface area contributed by atoms with Crippen molar-refractivity contribution in [2.24, 2.45) is 0 Å². The summed E-state index contributed by atoms with van der Waals surface area (Å²) in [5.74, 6) is -0.0730. The summed E-state index contributed by atoms with van der Waals surface area (Å²) in [6.07, 6.45) is 1.85. The molecule has 1 unspecified atom stereocenters. The zero-order valence-corrected chi connectivity index (χ0v) is 10.4. The molecule has 3 rings (SSSR count). The average Bonchev–Trinajstić information content (AvgIpc) is 2.93. The molecule has 2 aromatic rings. The molecule has 1 aromatic heterocycles. The number of piperazine rings is 1. The van der Waals surface area contributed by atoms with Crippen LogP contribution in [0.2, 0.25) is 0 Å². The Bertz CT molecular complexity index is 655. The van der Waals surface area contributed by atoms with Crippen molar-refractivity contribution in [2.45, 2.75) is 6.04 Å². The van der Waals surface area contributed by atoms with Gasteiger partial charge in [-0.1, -0.05) is 0 Å². The second-order valence-corrected chi connectivity index (χ2v) is 4.63. The highest BCUT2D eigenvalue weighted by Crippen LogP contribution is 2.17. The summed E-state index contributed by atoms with van der Waals surface area (Å²) in [6.45, 7) is 1.84. The molecule has 5 heteroatoms. The van der Waals surface area contributed by atoms with Crippen LogP contribution in [0.4, 0.5) is 0 Å². The van der Waals surface area contributed by atoms with E-state index in [0.717, 1.165) is 17.4 Å². The van der Waals surface area contributed by atoms with Crippen molar-refractivity contribution >= 4 is 16.8 Å². The Hall–Kier alpha value is -2.32. The highest BCUT2D eigenvalue weighted by atomic mass is 16.2. The van der Waals surface area contributed by atoms with Gasteiger partial charge in [-0.2, -0.15) is 5.26 Å². The molecule has 1 aliphatic heterocycles. The highest BCUT2D eigenvalue weighted by molar-refractivity contribution is 5.98. The first-order valence-corrected chi connectivity index (χ1v) is 6.28. The molecule has 0 radical (unpaired) electrons. The maximum absolute atomic E-state index is 12.5. The average molecular weight is 254 g/mol. The van der Waals surface area contributed by atoms with E-state index < -0.39 is 0 Å². The number of benzene rings is 1.